The van der Waals surface area contributed by atoms with Crippen LogP contribution in [0.1, 0.15) is 6.92 Å². The molecule has 0 radical (unpaired) electrons. The third-order valence-electron chi connectivity index (χ3n) is 17.9. The first kappa shape index (κ1) is 63.6. The molecule has 17 heteroatoms. The zero-order valence-electron chi connectivity index (χ0n) is 54.9. The second-order valence-corrected chi connectivity index (χ2v) is 25.1. The van der Waals surface area contributed by atoms with Crippen LogP contribution in [0, 0.1) is 0 Å². The number of aromatic nitrogens is 8. The van der Waals surface area contributed by atoms with Crippen molar-refractivity contribution in [2.24, 2.45) is 0 Å². The van der Waals surface area contributed by atoms with Gasteiger partial charge in [-0.15, -0.1) is 20.4 Å². The van der Waals surface area contributed by atoms with Crippen LogP contribution in [0.25, 0.3) is 156 Å². The molecule has 18 rings (SSSR count). The highest BCUT2D eigenvalue weighted by molar-refractivity contribution is 9.09. The highest BCUT2D eigenvalue weighted by Crippen LogP contribution is 2.41. The fourth-order valence-electron chi connectivity index (χ4n) is 13.5. The standard InChI is InChI=1S/C41H28N4O4.C38H24N4O2.C6H9BrO2/c46-26-47-20-21-48-31-11-9-10-27(24-31)40-42-43-41(49-40)28-22-29(44-36-16-5-1-12-32(36)33-13-2-6-17-37(33)44)25-30(23-28)45-38-18-7-3-14-34(38)35-15-4-8-19-39(35)45;43-28-11-9-10-24(22-28)37-39-40-38(44-37)25-20-26(41-33-16-5-1-12-29(33)30-13-2-6-17-34(30)41)23-27(21-25)42-35-18-7-3-14-31(35)32-15-4-8-19-36(32)42;1-5(2)6(8)9-4-3-7/h1-19,22-26H,20-21H2;1-23,43H;1,3-4H2,2H3. The van der Waals surface area contributed by atoms with Crippen molar-refractivity contribution in [2.75, 3.05) is 25.2 Å². The highest BCUT2D eigenvalue weighted by atomic mass is 79.9. The molecule has 102 heavy (non-hydrogen) atoms. The lowest BCUT2D eigenvalue weighted by atomic mass is 10.1. The maximum absolute atomic E-state index is 10.6. The van der Waals surface area contributed by atoms with Crippen LogP contribution in [-0.2, 0) is 19.1 Å². The van der Waals surface area contributed by atoms with E-state index in [9.17, 15) is 14.7 Å². The fourth-order valence-corrected chi connectivity index (χ4v) is 13.7. The van der Waals surface area contributed by atoms with E-state index in [1.165, 1.54) is 43.1 Å². The average molecular weight is 1400 g/mol. The van der Waals surface area contributed by atoms with Gasteiger partial charge >= 0.3 is 5.97 Å². The first-order valence-corrected chi connectivity index (χ1v) is 34.2. The molecule has 0 atom stereocenters. The molecule has 0 bridgehead atoms. The summed E-state index contributed by atoms with van der Waals surface area (Å²) in [5, 5.41) is 38.0. The number of aromatic hydroxyl groups is 1. The minimum absolute atomic E-state index is 0.143. The summed E-state index contributed by atoms with van der Waals surface area (Å²) in [7, 11) is 0. The molecule has 0 unspecified atom stereocenters. The van der Waals surface area contributed by atoms with E-state index in [0.717, 1.165) is 78.0 Å². The molecule has 6 aromatic heterocycles. The molecule has 0 spiro atoms. The van der Waals surface area contributed by atoms with Crippen LogP contribution in [0.15, 0.2) is 300 Å². The Balaban J connectivity index is 0.000000142. The lowest BCUT2D eigenvalue weighted by Gasteiger charge is -2.14. The van der Waals surface area contributed by atoms with Gasteiger partial charge in [-0.3, -0.25) is 4.79 Å². The van der Waals surface area contributed by atoms with Crippen molar-refractivity contribution < 1.29 is 37.7 Å². The van der Waals surface area contributed by atoms with Crippen LogP contribution in [0.2, 0.25) is 0 Å². The second kappa shape index (κ2) is 27.7. The number of phenolic OH excluding ortho intramolecular Hbond substituents is 1. The molecule has 16 nitrogen and oxygen atoms in total. The summed E-state index contributed by atoms with van der Waals surface area (Å²) in [5.41, 5.74) is 16.2. The number of hydrogen-bond acceptors (Lipinski definition) is 12. The number of fused-ring (bicyclic) bond motifs is 12. The Bertz CT molecular complexity index is 5760. The van der Waals surface area contributed by atoms with Gasteiger partial charge in [-0.2, -0.15) is 0 Å². The Morgan fingerprint density at radius 3 is 1.03 bits per heavy atom. The number of rotatable bonds is 16. The van der Waals surface area contributed by atoms with Gasteiger partial charge < -0.3 is 46.4 Å². The SMILES string of the molecule is C=C(C)C(=O)OCCBr.O=COCCOc1cccc(-c2nnc(-c3cc(-n4c5ccccc5c5ccccc54)cc(-n4c5ccccc5c5ccccc54)c3)o2)c1.Oc1cccc(-c2nnc(-c3cc(-n4c5ccccc5c5ccccc54)cc(-n4c5ccccc5c5ccccc54)c3)o2)c1. The quantitative estimate of drug-likeness (QED) is 0.0318. The number of nitrogens with zero attached hydrogens (tertiary/aromatic N) is 8. The summed E-state index contributed by atoms with van der Waals surface area (Å²) in [6.07, 6.45) is 0. The van der Waals surface area contributed by atoms with E-state index >= 15 is 0 Å². The van der Waals surface area contributed by atoms with Crippen LogP contribution < -0.4 is 4.74 Å². The van der Waals surface area contributed by atoms with Crippen LogP contribution in [0.4, 0.5) is 0 Å². The van der Waals surface area contributed by atoms with Gasteiger partial charge in [0.25, 0.3) is 6.47 Å². The second-order valence-electron chi connectivity index (χ2n) is 24.3. The molecule has 6 heterocycles. The molecular formula is C85H61BrN8O8. The molecule has 18 aromatic rings. The number of halogens is 1. The van der Waals surface area contributed by atoms with Gasteiger partial charge in [-0.1, -0.05) is 180 Å². The Kier molecular flexibility index (Phi) is 17.2. The summed E-state index contributed by atoms with van der Waals surface area (Å²) in [6.45, 7) is 6.25. The van der Waals surface area contributed by atoms with Gasteiger partial charge in [0, 0.05) is 99.0 Å². The third-order valence-corrected chi connectivity index (χ3v) is 18.2. The molecule has 0 aliphatic rings. The van der Waals surface area contributed by atoms with Crippen LogP contribution >= 0.6 is 15.9 Å². The van der Waals surface area contributed by atoms with Crippen molar-refractivity contribution in [3.8, 4) is 80.1 Å². The summed E-state index contributed by atoms with van der Waals surface area (Å²) in [4.78, 5) is 21.0. The first-order valence-electron chi connectivity index (χ1n) is 33.1. The highest BCUT2D eigenvalue weighted by Gasteiger charge is 2.23. The van der Waals surface area contributed by atoms with Gasteiger partial charge in [-0.25, -0.2) is 4.79 Å². The van der Waals surface area contributed by atoms with Crippen molar-refractivity contribution in [3.63, 3.8) is 0 Å². The normalized spacial score (nSPS) is 11.4. The molecular weight excluding hydrogens is 1340 g/mol. The molecule has 0 saturated carbocycles. The maximum Gasteiger partial charge on any atom is 0.333 e. The van der Waals surface area contributed by atoms with Gasteiger partial charge in [0.05, 0.1) is 44.1 Å². The number of carbonyl (C=O) groups is 2. The Morgan fingerprint density at radius 1 is 0.402 bits per heavy atom. The number of para-hydroxylation sites is 8. The number of ether oxygens (including phenoxy) is 3. The Labute approximate surface area is 591 Å². The van der Waals surface area contributed by atoms with Crippen LogP contribution in [0.3, 0.4) is 0 Å². The zero-order valence-corrected chi connectivity index (χ0v) is 56.5. The number of esters is 1. The summed E-state index contributed by atoms with van der Waals surface area (Å²) >= 11 is 3.12. The summed E-state index contributed by atoms with van der Waals surface area (Å²) < 4.78 is 37.0. The van der Waals surface area contributed by atoms with E-state index in [1.807, 2.05) is 30.3 Å². The number of phenols is 1. The van der Waals surface area contributed by atoms with E-state index in [0.29, 0.717) is 64.4 Å². The molecule has 496 valence electrons. The fraction of sp³-hybridized carbons (Fsp3) is 0.0588. The van der Waals surface area contributed by atoms with Crippen molar-refractivity contribution in [2.45, 2.75) is 6.92 Å². The monoisotopic (exact) mass is 1400 g/mol. The molecule has 12 aromatic carbocycles. The van der Waals surface area contributed by atoms with E-state index in [2.05, 4.69) is 296 Å². The number of benzene rings is 12. The summed E-state index contributed by atoms with van der Waals surface area (Å²) in [6, 6.07) is 95.1. The molecule has 0 amide bonds. The van der Waals surface area contributed by atoms with Crippen molar-refractivity contribution in [1.82, 2.24) is 38.7 Å². The smallest absolute Gasteiger partial charge is 0.333 e. The number of hydrogen-bond donors (Lipinski definition) is 1. The van der Waals surface area contributed by atoms with Crippen LogP contribution in [0.5, 0.6) is 11.5 Å². The molecule has 0 aliphatic carbocycles. The van der Waals surface area contributed by atoms with Crippen LogP contribution in [-0.4, -0.2) is 81.4 Å². The molecule has 0 saturated heterocycles. The Hall–Kier alpha value is -13.1. The van der Waals surface area contributed by atoms with Crippen molar-refractivity contribution >= 4 is 116 Å². The third kappa shape index (κ3) is 12.0. The predicted molar refractivity (Wildman–Crippen MR) is 406 cm³/mol. The maximum atomic E-state index is 10.6. The van der Waals surface area contributed by atoms with E-state index in [1.54, 1.807) is 25.1 Å². The molecule has 0 fully saturated rings. The lowest BCUT2D eigenvalue weighted by Crippen LogP contribution is -2.06. The lowest BCUT2D eigenvalue weighted by molar-refractivity contribution is -0.138. The van der Waals surface area contributed by atoms with E-state index in [-0.39, 0.29) is 24.9 Å². The number of alkyl halides is 1. The first-order chi connectivity index (χ1) is 50.2. The number of carbonyl (C=O) groups excluding carboxylic acids is 2. The largest absolute Gasteiger partial charge is 0.508 e. The Morgan fingerprint density at radius 2 is 0.716 bits per heavy atom. The van der Waals surface area contributed by atoms with Gasteiger partial charge in [0.1, 0.15) is 31.3 Å². The average Bonchev–Trinajstić information content (AvgIpc) is 1.59. The molecule has 0 aliphatic heterocycles. The van der Waals surface area contributed by atoms with E-state index in [4.69, 9.17) is 18.3 Å². The molecule has 1 N–H and O–H groups in total. The van der Waals surface area contributed by atoms with E-state index < -0.39 is 0 Å². The van der Waals surface area contributed by atoms with Crippen molar-refractivity contribution in [3.05, 3.63) is 291 Å². The zero-order chi connectivity index (χ0) is 69.2. The summed E-state index contributed by atoms with van der Waals surface area (Å²) in [5.74, 6) is 1.92. The minimum Gasteiger partial charge on any atom is -0.508 e. The topological polar surface area (TPSA) is 180 Å². The van der Waals surface area contributed by atoms with Crippen molar-refractivity contribution in [1.29, 1.82) is 0 Å². The van der Waals surface area contributed by atoms with Gasteiger partial charge in [0.15, 0.2) is 0 Å². The minimum atomic E-state index is -0.325. The van der Waals surface area contributed by atoms with Gasteiger partial charge in [0.2, 0.25) is 23.6 Å². The van der Waals surface area contributed by atoms with Gasteiger partial charge in [-0.05, 0) is 128 Å². The predicted octanol–water partition coefficient (Wildman–Crippen LogP) is 20.0.